The fourth-order valence-corrected chi connectivity index (χ4v) is 3.03. The normalized spacial score (nSPS) is 19.0. The molecule has 132 valence electrons. The number of anilines is 1. The van der Waals surface area contributed by atoms with Crippen LogP contribution in [0.2, 0.25) is 0 Å². The molecular weight excluding hydrogens is 304 g/mol. The van der Waals surface area contributed by atoms with Crippen LogP contribution in [0.3, 0.4) is 0 Å². The first-order chi connectivity index (χ1) is 11.4. The summed E-state index contributed by atoms with van der Waals surface area (Å²) in [6, 6.07) is 7.96. The number of carbonyl (C=O) groups excluding carboxylic acids is 2. The molecule has 0 aliphatic carbocycles. The Morgan fingerprint density at radius 1 is 1.29 bits per heavy atom. The van der Waals surface area contributed by atoms with Crippen molar-refractivity contribution >= 4 is 17.5 Å². The molecule has 2 unspecified atom stereocenters. The number of nitrogens with zero attached hydrogens (tertiary/aromatic N) is 1. The van der Waals surface area contributed by atoms with Crippen molar-refractivity contribution in [1.82, 2.24) is 5.32 Å². The van der Waals surface area contributed by atoms with E-state index >= 15 is 0 Å². The van der Waals surface area contributed by atoms with Gasteiger partial charge in [0.2, 0.25) is 11.8 Å². The average molecular weight is 332 g/mol. The third-order valence-electron chi connectivity index (χ3n) is 4.58. The third-order valence-corrected chi connectivity index (χ3v) is 4.58. The van der Waals surface area contributed by atoms with E-state index < -0.39 is 5.92 Å². The van der Waals surface area contributed by atoms with Crippen molar-refractivity contribution in [2.24, 2.45) is 5.92 Å². The Morgan fingerprint density at radius 2 is 1.96 bits per heavy atom. The molecule has 5 nitrogen and oxygen atoms in total. The average Bonchev–Trinajstić information content (AvgIpc) is 2.94. The number of aliphatic hydroxyl groups excluding tert-OH is 1. The Balaban J connectivity index is 1.97. The quantitative estimate of drug-likeness (QED) is 0.754. The standard InChI is InChI=1S/C19H28N2O3/c1-13(2)15-6-8-16(9-7-15)21-11-10-17(19(21)24)18(23)20-14(3)5-4-12-22/h6-9,13-14,17,22H,4-5,10-12H2,1-3H3,(H,20,23). The van der Waals surface area contributed by atoms with Crippen LogP contribution in [0, 0.1) is 5.92 Å². The molecule has 5 heteroatoms. The van der Waals surface area contributed by atoms with Crippen LogP contribution in [0.4, 0.5) is 5.69 Å². The fourth-order valence-electron chi connectivity index (χ4n) is 3.03. The monoisotopic (exact) mass is 332 g/mol. The van der Waals surface area contributed by atoms with Crippen LogP contribution in [0.5, 0.6) is 0 Å². The van der Waals surface area contributed by atoms with E-state index in [0.29, 0.717) is 31.7 Å². The highest BCUT2D eigenvalue weighted by atomic mass is 16.3. The Hall–Kier alpha value is -1.88. The number of aliphatic hydroxyl groups is 1. The van der Waals surface area contributed by atoms with Crippen LogP contribution < -0.4 is 10.2 Å². The molecule has 1 aliphatic heterocycles. The molecule has 2 amide bonds. The number of carbonyl (C=O) groups is 2. The van der Waals surface area contributed by atoms with Crippen molar-refractivity contribution in [3.63, 3.8) is 0 Å². The maximum absolute atomic E-state index is 12.6. The van der Waals surface area contributed by atoms with Crippen LogP contribution in [-0.2, 0) is 9.59 Å². The van der Waals surface area contributed by atoms with Crippen molar-refractivity contribution in [2.75, 3.05) is 18.1 Å². The van der Waals surface area contributed by atoms with Crippen LogP contribution in [0.25, 0.3) is 0 Å². The lowest BCUT2D eigenvalue weighted by Crippen LogP contribution is -2.40. The topological polar surface area (TPSA) is 69.6 Å². The highest BCUT2D eigenvalue weighted by Gasteiger charge is 2.37. The Bertz CT molecular complexity index is 568. The molecule has 0 aromatic heterocycles. The molecular formula is C19H28N2O3. The number of nitrogens with one attached hydrogen (secondary N) is 1. The first-order valence-electron chi connectivity index (χ1n) is 8.76. The van der Waals surface area contributed by atoms with Gasteiger partial charge in [0.05, 0.1) is 0 Å². The number of amides is 2. The molecule has 1 saturated heterocycles. The molecule has 1 fully saturated rings. The van der Waals surface area contributed by atoms with Gasteiger partial charge >= 0.3 is 0 Å². The van der Waals surface area contributed by atoms with Crippen molar-refractivity contribution < 1.29 is 14.7 Å². The molecule has 0 spiro atoms. The molecule has 2 N–H and O–H groups in total. The summed E-state index contributed by atoms with van der Waals surface area (Å²) in [7, 11) is 0. The molecule has 1 aromatic carbocycles. The van der Waals surface area contributed by atoms with Crippen LogP contribution in [0.1, 0.15) is 51.5 Å². The summed E-state index contributed by atoms with van der Waals surface area (Å²) < 4.78 is 0. The Morgan fingerprint density at radius 3 is 2.54 bits per heavy atom. The fraction of sp³-hybridized carbons (Fsp3) is 0.579. The summed E-state index contributed by atoms with van der Waals surface area (Å²) in [5.74, 6) is -0.482. The summed E-state index contributed by atoms with van der Waals surface area (Å²) in [6.45, 7) is 6.85. The molecule has 0 radical (unpaired) electrons. The first-order valence-corrected chi connectivity index (χ1v) is 8.76. The van der Waals surface area contributed by atoms with E-state index in [4.69, 9.17) is 5.11 Å². The number of benzene rings is 1. The van der Waals surface area contributed by atoms with Gasteiger partial charge in [-0.2, -0.15) is 0 Å². The molecule has 0 saturated carbocycles. The van der Waals surface area contributed by atoms with Gasteiger partial charge in [-0.05, 0) is 49.8 Å². The Labute approximate surface area is 144 Å². The van der Waals surface area contributed by atoms with E-state index in [9.17, 15) is 9.59 Å². The highest BCUT2D eigenvalue weighted by Crippen LogP contribution is 2.27. The second-order valence-electron chi connectivity index (χ2n) is 6.85. The molecule has 2 atom stereocenters. The zero-order chi connectivity index (χ0) is 17.7. The second-order valence-corrected chi connectivity index (χ2v) is 6.85. The molecule has 1 heterocycles. The lowest BCUT2D eigenvalue weighted by molar-refractivity contribution is -0.132. The minimum absolute atomic E-state index is 0.0307. The second kappa shape index (κ2) is 8.29. The number of rotatable bonds is 7. The van der Waals surface area contributed by atoms with Gasteiger partial charge in [-0.25, -0.2) is 0 Å². The van der Waals surface area contributed by atoms with Crippen molar-refractivity contribution in [2.45, 2.75) is 52.0 Å². The highest BCUT2D eigenvalue weighted by molar-refractivity contribution is 6.09. The van der Waals surface area contributed by atoms with E-state index in [1.54, 1.807) is 4.90 Å². The molecule has 2 rings (SSSR count). The van der Waals surface area contributed by atoms with E-state index in [2.05, 4.69) is 19.2 Å². The molecule has 24 heavy (non-hydrogen) atoms. The summed E-state index contributed by atoms with van der Waals surface area (Å²) in [4.78, 5) is 26.6. The lowest BCUT2D eigenvalue weighted by Gasteiger charge is -2.19. The minimum atomic E-state index is -0.605. The Kier molecular flexibility index (Phi) is 6.37. The van der Waals surface area contributed by atoms with Crippen molar-refractivity contribution in [3.8, 4) is 0 Å². The van der Waals surface area contributed by atoms with Gasteiger partial charge in [0.1, 0.15) is 5.92 Å². The zero-order valence-corrected chi connectivity index (χ0v) is 14.8. The van der Waals surface area contributed by atoms with Crippen LogP contribution >= 0.6 is 0 Å². The van der Waals surface area contributed by atoms with Gasteiger partial charge in [0.15, 0.2) is 0 Å². The largest absolute Gasteiger partial charge is 0.396 e. The van der Waals surface area contributed by atoms with Crippen molar-refractivity contribution in [3.05, 3.63) is 29.8 Å². The summed E-state index contributed by atoms with van der Waals surface area (Å²) >= 11 is 0. The van der Waals surface area contributed by atoms with Crippen LogP contribution in [0.15, 0.2) is 24.3 Å². The predicted octanol–water partition coefficient (Wildman–Crippen LogP) is 2.44. The molecule has 0 bridgehead atoms. The number of hydrogen-bond acceptors (Lipinski definition) is 3. The van der Waals surface area contributed by atoms with E-state index in [0.717, 1.165) is 5.69 Å². The molecule has 1 aliphatic rings. The van der Waals surface area contributed by atoms with Crippen molar-refractivity contribution in [1.29, 1.82) is 0 Å². The summed E-state index contributed by atoms with van der Waals surface area (Å²) in [6.07, 6.45) is 1.90. The SMILES string of the molecule is CC(CCCO)NC(=O)C1CCN(c2ccc(C(C)C)cc2)C1=O. The van der Waals surface area contributed by atoms with E-state index in [1.807, 2.05) is 31.2 Å². The lowest BCUT2D eigenvalue weighted by atomic mass is 10.0. The maximum Gasteiger partial charge on any atom is 0.239 e. The van der Waals surface area contributed by atoms with E-state index in [-0.39, 0.29) is 24.5 Å². The summed E-state index contributed by atoms with van der Waals surface area (Å²) in [5.41, 5.74) is 2.09. The minimum Gasteiger partial charge on any atom is -0.396 e. The predicted molar refractivity (Wildman–Crippen MR) is 94.9 cm³/mol. The van der Waals surface area contributed by atoms with Crippen LogP contribution in [-0.4, -0.2) is 36.1 Å². The smallest absolute Gasteiger partial charge is 0.239 e. The maximum atomic E-state index is 12.6. The first kappa shape index (κ1) is 18.5. The van der Waals surface area contributed by atoms with Gasteiger partial charge in [-0.3, -0.25) is 9.59 Å². The molecule has 1 aromatic rings. The number of hydrogen-bond donors (Lipinski definition) is 2. The van der Waals surface area contributed by atoms with Gasteiger partial charge in [-0.15, -0.1) is 0 Å². The van der Waals surface area contributed by atoms with Gasteiger partial charge < -0.3 is 15.3 Å². The van der Waals surface area contributed by atoms with Gasteiger partial charge in [0, 0.05) is 24.9 Å². The van der Waals surface area contributed by atoms with E-state index in [1.165, 1.54) is 5.56 Å². The third kappa shape index (κ3) is 4.35. The van der Waals surface area contributed by atoms with Gasteiger partial charge in [-0.1, -0.05) is 26.0 Å². The summed E-state index contributed by atoms with van der Waals surface area (Å²) in [5, 5.41) is 11.7. The zero-order valence-electron chi connectivity index (χ0n) is 14.8. The van der Waals surface area contributed by atoms with Gasteiger partial charge in [0.25, 0.3) is 0 Å².